The average Bonchev–Trinajstić information content (AvgIpc) is 2.74. The molecule has 0 heterocycles. The summed E-state index contributed by atoms with van der Waals surface area (Å²) in [5.41, 5.74) is 0.819. The highest BCUT2D eigenvalue weighted by Gasteiger charge is 2.32. The lowest BCUT2D eigenvalue weighted by atomic mass is 9.78. The largest absolute Gasteiger partial charge is 0.497 e. The van der Waals surface area contributed by atoms with Crippen LogP contribution in [-0.4, -0.2) is 59.9 Å². The predicted octanol–water partition coefficient (Wildman–Crippen LogP) is 1.90. The van der Waals surface area contributed by atoms with Crippen molar-refractivity contribution < 1.29 is 33.8 Å². The van der Waals surface area contributed by atoms with Crippen LogP contribution in [0.1, 0.15) is 31.9 Å². The molecule has 1 atom stereocenters. The van der Waals surface area contributed by atoms with Crippen molar-refractivity contribution in [3.8, 4) is 5.75 Å². The number of hydrogen-bond acceptors (Lipinski definition) is 7. The van der Waals surface area contributed by atoms with Gasteiger partial charge in [-0.3, -0.25) is 4.90 Å². The normalized spacial score (nSPS) is 12.0. The van der Waals surface area contributed by atoms with Crippen molar-refractivity contribution in [1.82, 2.24) is 4.90 Å². The first-order chi connectivity index (χ1) is 15.0. The van der Waals surface area contributed by atoms with Crippen LogP contribution in [0.15, 0.2) is 48.5 Å². The molecule has 2 aromatic carbocycles. The zero-order valence-corrected chi connectivity index (χ0v) is 19.1. The van der Waals surface area contributed by atoms with Crippen molar-refractivity contribution >= 4 is 24.6 Å². The molecule has 0 bridgehead atoms. The topological polar surface area (TPSA) is 106 Å². The standard InChI is InChI=1S/C23H30BNO7/c1-23(2,3)32-22(27)25(4)19(21(26)31-15-16-9-7-6-8-10-16)14-17-11-12-20(30-5)18(13-17)24(28)29/h6-13,19,28-29H,14-15H2,1-5H3/t19-/m0/s1. The van der Waals surface area contributed by atoms with Crippen LogP contribution < -0.4 is 10.2 Å². The number of carbonyl (C=O) groups excluding carboxylic acids is 2. The highest BCUT2D eigenvalue weighted by Crippen LogP contribution is 2.17. The van der Waals surface area contributed by atoms with E-state index in [1.807, 2.05) is 30.3 Å². The Morgan fingerprint density at radius 2 is 1.72 bits per heavy atom. The highest BCUT2D eigenvalue weighted by atomic mass is 16.6. The second-order valence-corrected chi connectivity index (χ2v) is 8.35. The molecule has 0 spiro atoms. The Kier molecular flexibility index (Phi) is 8.68. The minimum Gasteiger partial charge on any atom is -0.497 e. The van der Waals surface area contributed by atoms with Crippen molar-refractivity contribution in [3.63, 3.8) is 0 Å². The first-order valence-electron chi connectivity index (χ1n) is 10.2. The van der Waals surface area contributed by atoms with E-state index in [-0.39, 0.29) is 18.5 Å². The molecule has 8 nitrogen and oxygen atoms in total. The first-order valence-corrected chi connectivity index (χ1v) is 10.2. The number of benzene rings is 2. The second-order valence-electron chi connectivity index (χ2n) is 8.35. The number of esters is 1. The monoisotopic (exact) mass is 443 g/mol. The number of carbonyl (C=O) groups is 2. The first kappa shape index (κ1) is 25.2. The zero-order chi connectivity index (χ0) is 23.9. The summed E-state index contributed by atoms with van der Waals surface area (Å²) in [6, 6.07) is 13.0. The van der Waals surface area contributed by atoms with Crippen LogP contribution in [0.3, 0.4) is 0 Å². The van der Waals surface area contributed by atoms with Gasteiger partial charge in [0, 0.05) is 18.9 Å². The van der Waals surface area contributed by atoms with Gasteiger partial charge < -0.3 is 24.3 Å². The summed E-state index contributed by atoms with van der Waals surface area (Å²) in [6.45, 7) is 5.27. The fourth-order valence-electron chi connectivity index (χ4n) is 3.00. The number of hydrogen-bond donors (Lipinski definition) is 2. The maximum absolute atomic E-state index is 13.0. The SMILES string of the molecule is COc1ccc(C[C@@H](C(=O)OCc2ccccc2)N(C)C(=O)OC(C)(C)C)cc1B(O)O. The average molecular weight is 443 g/mol. The Labute approximate surface area is 188 Å². The van der Waals surface area contributed by atoms with E-state index in [1.54, 1.807) is 32.9 Å². The third-order valence-electron chi connectivity index (χ3n) is 4.65. The molecule has 0 saturated heterocycles. The molecule has 1 amide bonds. The Hall–Kier alpha value is -3.04. The van der Waals surface area contributed by atoms with Crippen LogP contribution in [-0.2, 0) is 27.3 Å². The summed E-state index contributed by atoms with van der Waals surface area (Å²) in [7, 11) is 1.13. The van der Waals surface area contributed by atoms with E-state index in [1.165, 1.54) is 25.1 Å². The summed E-state index contributed by atoms with van der Waals surface area (Å²) in [5.74, 6) is -0.309. The van der Waals surface area contributed by atoms with Gasteiger partial charge in [0.1, 0.15) is 24.0 Å². The van der Waals surface area contributed by atoms with Gasteiger partial charge in [-0.2, -0.15) is 0 Å². The van der Waals surface area contributed by atoms with E-state index < -0.39 is 30.8 Å². The van der Waals surface area contributed by atoms with Gasteiger partial charge in [-0.1, -0.05) is 42.5 Å². The van der Waals surface area contributed by atoms with E-state index in [9.17, 15) is 19.6 Å². The van der Waals surface area contributed by atoms with E-state index in [4.69, 9.17) is 14.2 Å². The second kappa shape index (κ2) is 11.0. The van der Waals surface area contributed by atoms with Crippen molar-refractivity contribution in [2.75, 3.05) is 14.2 Å². The lowest BCUT2D eigenvalue weighted by molar-refractivity contribution is -0.150. The number of nitrogens with zero attached hydrogens (tertiary/aromatic N) is 1. The smallest absolute Gasteiger partial charge is 0.492 e. The molecule has 32 heavy (non-hydrogen) atoms. The highest BCUT2D eigenvalue weighted by molar-refractivity contribution is 6.59. The molecule has 0 aliphatic rings. The molecule has 0 aromatic heterocycles. The fraction of sp³-hybridized carbons (Fsp3) is 0.391. The molecular weight excluding hydrogens is 413 g/mol. The molecule has 2 aromatic rings. The summed E-state index contributed by atoms with van der Waals surface area (Å²) in [4.78, 5) is 26.8. The van der Waals surface area contributed by atoms with Gasteiger partial charge in [-0.25, -0.2) is 9.59 Å². The summed E-state index contributed by atoms with van der Waals surface area (Å²) in [6.07, 6.45) is -0.595. The van der Waals surface area contributed by atoms with Gasteiger partial charge in [-0.15, -0.1) is 0 Å². The number of likely N-dealkylation sites (N-methyl/N-ethyl adjacent to an activating group) is 1. The van der Waals surface area contributed by atoms with Crippen molar-refractivity contribution in [2.45, 2.75) is 45.4 Å². The lowest BCUT2D eigenvalue weighted by Gasteiger charge is -2.29. The maximum Gasteiger partial charge on any atom is 0.492 e. The lowest BCUT2D eigenvalue weighted by Crippen LogP contribution is -2.46. The summed E-state index contributed by atoms with van der Waals surface area (Å²) >= 11 is 0. The number of methoxy groups -OCH3 is 1. The van der Waals surface area contributed by atoms with Crippen LogP contribution in [0.5, 0.6) is 5.75 Å². The van der Waals surface area contributed by atoms with E-state index >= 15 is 0 Å². The minimum absolute atomic E-state index is 0.0571. The molecule has 2 rings (SSSR count). The molecule has 0 saturated carbocycles. The zero-order valence-electron chi connectivity index (χ0n) is 19.1. The Morgan fingerprint density at radius 3 is 2.28 bits per heavy atom. The maximum atomic E-state index is 13.0. The summed E-state index contributed by atoms with van der Waals surface area (Å²) in [5, 5.41) is 19.3. The van der Waals surface area contributed by atoms with Crippen LogP contribution in [0.2, 0.25) is 0 Å². The molecule has 172 valence electrons. The molecule has 9 heteroatoms. The molecule has 2 N–H and O–H groups in total. The van der Waals surface area contributed by atoms with Gasteiger partial charge in [0.15, 0.2) is 0 Å². The number of amides is 1. The number of rotatable bonds is 8. The Morgan fingerprint density at radius 1 is 1.06 bits per heavy atom. The van der Waals surface area contributed by atoms with Gasteiger partial charge in [0.05, 0.1) is 7.11 Å². The third-order valence-corrected chi connectivity index (χ3v) is 4.65. The van der Waals surface area contributed by atoms with Crippen LogP contribution in [0.25, 0.3) is 0 Å². The molecular formula is C23H30BNO7. The third kappa shape index (κ3) is 7.28. The van der Waals surface area contributed by atoms with E-state index in [0.717, 1.165) is 5.56 Å². The van der Waals surface area contributed by atoms with E-state index in [0.29, 0.717) is 11.3 Å². The Balaban J connectivity index is 2.27. The van der Waals surface area contributed by atoms with Crippen molar-refractivity contribution in [2.24, 2.45) is 0 Å². The van der Waals surface area contributed by atoms with E-state index in [2.05, 4.69) is 0 Å². The van der Waals surface area contributed by atoms with Gasteiger partial charge >= 0.3 is 19.2 Å². The van der Waals surface area contributed by atoms with Crippen molar-refractivity contribution in [3.05, 3.63) is 59.7 Å². The van der Waals surface area contributed by atoms with Crippen LogP contribution in [0.4, 0.5) is 4.79 Å². The molecule has 0 radical (unpaired) electrons. The predicted molar refractivity (Wildman–Crippen MR) is 121 cm³/mol. The van der Waals surface area contributed by atoms with Crippen LogP contribution in [0, 0.1) is 0 Å². The van der Waals surface area contributed by atoms with Crippen LogP contribution >= 0.6 is 0 Å². The molecule has 0 fully saturated rings. The van der Waals surface area contributed by atoms with Crippen molar-refractivity contribution in [1.29, 1.82) is 0 Å². The molecule has 0 unspecified atom stereocenters. The van der Waals surface area contributed by atoms with Gasteiger partial charge in [-0.05, 0) is 38.0 Å². The van der Waals surface area contributed by atoms with Gasteiger partial charge in [0.2, 0.25) is 0 Å². The summed E-state index contributed by atoms with van der Waals surface area (Å²) < 4.78 is 16.0. The van der Waals surface area contributed by atoms with Gasteiger partial charge in [0.25, 0.3) is 0 Å². The molecule has 0 aliphatic heterocycles. The molecule has 0 aliphatic carbocycles. The Bertz CT molecular complexity index is 912. The quantitative estimate of drug-likeness (QED) is 0.474. The number of ether oxygens (including phenoxy) is 3. The minimum atomic E-state index is -1.75. The fourth-order valence-corrected chi connectivity index (χ4v) is 3.00.